The van der Waals surface area contributed by atoms with Crippen LogP contribution in [-0.2, 0) is 0 Å². The normalized spacial score (nSPS) is 10.8. The second-order valence-electron chi connectivity index (χ2n) is 7.93. The molecule has 5 nitrogen and oxygen atoms in total. The summed E-state index contributed by atoms with van der Waals surface area (Å²) in [7, 11) is -2.92. The first-order valence-corrected chi connectivity index (χ1v) is 11.0. The molecule has 0 saturated heterocycles. The summed E-state index contributed by atoms with van der Waals surface area (Å²) in [6, 6.07) is 3.76. The Hall–Kier alpha value is -4.95. The molecule has 240 valence electrons. The monoisotopic (exact) mass is 669 g/mol. The fraction of sp³-hybridized carbons (Fsp3) is 0. The number of hydrogen-bond donors (Lipinski definition) is 2. The van der Waals surface area contributed by atoms with Crippen molar-refractivity contribution < 1.29 is 90.7 Å². The van der Waals surface area contributed by atoms with Gasteiger partial charge in [0.05, 0.1) is 29.1 Å². The summed E-state index contributed by atoms with van der Waals surface area (Å²) in [4.78, 5) is 0. The quantitative estimate of drug-likeness (QED) is 0.0825. The van der Waals surface area contributed by atoms with E-state index in [0.717, 1.165) is 24.3 Å². The minimum absolute atomic E-state index is 0.243. The highest BCUT2D eigenvalue weighted by Gasteiger charge is 2.40. The zero-order chi connectivity index (χ0) is 34.1. The van der Waals surface area contributed by atoms with Crippen LogP contribution in [0.5, 0.6) is 23.0 Å². The molecule has 0 aliphatic heterocycles. The first-order valence-electron chi connectivity index (χ1n) is 11.0. The average molecular weight is 669 g/mol. The van der Waals surface area contributed by atoms with Gasteiger partial charge in [-0.3, -0.25) is 8.78 Å². The lowest BCUT2D eigenvalue weighted by molar-refractivity contribution is -0.256. The lowest BCUT2D eigenvalue weighted by Gasteiger charge is -2.18. The third-order valence-electron chi connectivity index (χ3n) is 5.02. The summed E-state index contributed by atoms with van der Waals surface area (Å²) in [6.07, 6.45) is 0. The number of quaternary nitrogens is 1. The first kappa shape index (κ1) is 34.5. The van der Waals surface area contributed by atoms with Gasteiger partial charge in [-0.15, -0.1) is 6.07 Å². The zero-order valence-electron chi connectivity index (χ0n) is 20.9. The number of hydrogen-bond acceptors (Lipinski definition) is 4. The Labute approximate surface area is 238 Å². The van der Waals surface area contributed by atoms with Crippen LogP contribution < -0.4 is 19.7 Å². The van der Waals surface area contributed by atoms with E-state index in [9.17, 15) is 71.0 Å². The Morgan fingerprint density at radius 2 is 0.822 bits per heavy atom. The van der Waals surface area contributed by atoms with Crippen molar-refractivity contribution >= 4 is 13.0 Å². The molecule has 0 unspecified atom stereocenters. The Kier molecular flexibility index (Phi) is 10.3. The lowest BCUT2D eigenvalue weighted by atomic mass is 10.1. The van der Waals surface area contributed by atoms with Crippen molar-refractivity contribution in [2.24, 2.45) is 0 Å². The summed E-state index contributed by atoms with van der Waals surface area (Å²) in [6.45, 7) is 0. The van der Waals surface area contributed by atoms with Crippen molar-refractivity contribution in [3.8, 4) is 23.0 Å². The van der Waals surface area contributed by atoms with Gasteiger partial charge in [0.2, 0.25) is 58.2 Å². The smallest absolute Gasteiger partial charge is 0.508 e. The van der Waals surface area contributed by atoms with Gasteiger partial charge in [-0.1, -0.05) is 0 Å². The van der Waals surface area contributed by atoms with Crippen LogP contribution in [0, 0.1) is 93.3 Å². The summed E-state index contributed by atoms with van der Waals surface area (Å²) < 4.78 is 210. The number of phenols is 1. The van der Waals surface area contributed by atoms with Crippen molar-refractivity contribution in [1.29, 1.82) is 0 Å². The topological polar surface area (TPSA) is 75.6 Å². The van der Waals surface area contributed by atoms with Crippen molar-refractivity contribution in [3.05, 3.63) is 112 Å². The molecular weight excluding hydrogens is 662 g/mol. The molecule has 4 aromatic rings. The predicted octanol–water partition coefficient (Wildman–Crippen LogP) is 6.36. The van der Waals surface area contributed by atoms with E-state index in [0.29, 0.717) is 0 Å². The number of phenolic OH excluding ortho intramolecular Hbond substituents is 1. The van der Waals surface area contributed by atoms with E-state index in [4.69, 9.17) is 4.65 Å². The molecule has 0 atom stereocenters. The summed E-state index contributed by atoms with van der Waals surface area (Å²) in [5.41, 5.74) is 3.12. The van der Waals surface area contributed by atoms with Gasteiger partial charge < -0.3 is 24.8 Å². The second kappa shape index (κ2) is 13.4. The van der Waals surface area contributed by atoms with Crippen LogP contribution in [0.3, 0.4) is 0 Å². The fourth-order valence-electron chi connectivity index (χ4n) is 2.92. The van der Waals surface area contributed by atoms with E-state index in [2.05, 4.69) is 15.0 Å². The maximum atomic E-state index is 14.0. The predicted molar refractivity (Wildman–Crippen MR) is 116 cm³/mol. The third kappa shape index (κ3) is 6.92. The van der Waals surface area contributed by atoms with Crippen LogP contribution in [0.2, 0.25) is 0 Å². The van der Waals surface area contributed by atoms with Crippen molar-refractivity contribution in [2.75, 3.05) is 0 Å². The van der Waals surface area contributed by atoms with Gasteiger partial charge in [0.15, 0.2) is 22.9 Å². The molecule has 4 rings (SSSR count). The Balaban J connectivity index is 0.000000423. The maximum absolute atomic E-state index is 14.0. The highest BCUT2D eigenvalue weighted by atomic mass is 19.2. The van der Waals surface area contributed by atoms with Crippen LogP contribution in [-0.4, -0.2) is 12.4 Å². The van der Waals surface area contributed by atoms with E-state index in [1.165, 1.54) is 0 Å². The summed E-state index contributed by atoms with van der Waals surface area (Å²) in [5, 5.41) is 9.37. The minimum Gasteiger partial charge on any atom is -0.508 e. The van der Waals surface area contributed by atoms with Crippen molar-refractivity contribution in [1.82, 2.24) is 0 Å². The Morgan fingerprint density at radius 1 is 0.489 bits per heavy atom. The number of aromatic hydroxyl groups is 1. The molecular formula is C24H7BF15NO4. The minimum atomic E-state index is -2.92. The van der Waals surface area contributed by atoms with Gasteiger partial charge in [-0.25, -0.2) is 39.5 Å². The molecule has 45 heavy (non-hydrogen) atoms. The summed E-state index contributed by atoms with van der Waals surface area (Å²) in [5.74, 6) is -40.6. The fourth-order valence-corrected chi connectivity index (χ4v) is 2.92. The molecule has 4 N–H and O–H groups in total. The van der Waals surface area contributed by atoms with Crippen molar-refractivity contribution in [2.45, 2.75) is 0 Å². The molecule has 0 amide bonds. The van der Waals surface area contributed by atoms with Crippen LogP contribution in [0.4, 0.5) is 71.5 Å². The third-order valence-corrected chi connectivity index (χ3v) is 5.02. The molecule has 0 bridgehead atoms. The van der Waals surface area contributed by atoms with Gasteiger partial charge >= 0.3 is 7.32 Å². The average Bonchev–Trinajstić information content (AvgIpc) is 3.00. The van der Waals surface area contributed by atoms with Crippen LogP contribution in [0.15, 0.2) is 18.2 Å². The van der Waals surface area contributed by atoms with Crippen LogP contribution in [0.25, 0.3) is 0 Å². The highest BCUT2D eigenvalue weighted by molar-refractivity contribution is 6.39. The standard InChI is InChI=1S/C18H6BF10NO4.C6F5/c20-7-9(22)13(26)17(14(27)10(7)23)33-19(32-6-2-1-4(31)3-5(6)30)34-18-15(28)11(24)8(21)12(25)16(18)29;7-2-1-3(8)5(10)6(11)4(2)9/h1-3,31H,30H2;/q;-1/p+1. The van der Waals surface area contributed by atoms with E-state index in [1.807, 2.05) is 0 Å². The molecule has 0 radical (unpaired) electrons. The zero-order valence-corrected chi connectivity index (χ0v) is 20.9. The van der Waals surface area contributed by atoms with Gasteiger partial charge in [0.25, 0.3) is 0 Å². The molecule has 4 aromatic carbocycles. The molecule has 0 spiro atoms. The van der Waals surface area contributed by atoms with Crippen molar-refractivity contribution in [3.63, 3.8) is 0 Å². The molecule has 0 saturated carbocycles. The number of benzene rings is 4. The van der Waals surface area contributed by atoms with E-state index < -0.39 is 118 Å². The largest absolute Gasteiger partial charge is 0.864 e. The molecule has 0 aliphatic rings. The number of halogens is 15. The van der Waals surface area contributed by atoms with E-state index in [1.54, 1.807) is 0 Å². The number of rotatable bonds is 6. The van der Waals surface area contributed by atoms with Crippen LogP contribution >= 0.6 is 0 Å². The lowest BCUT2D eigenvalue weighted by Crippen LogP contribution is -2.43. The molecule has 0 aliphatic carbocycles. The van der Waals surface area contributed by atoms with E-state index >= 15 is 0 Å². The molecule has 0 fully saturated rings. The molecule has 0 heterocycles. The van der Waals surface area contributed by atoms with Gasteiger partial charge in [-0.05, 0) is 12.1 Å². The van der Waals surface area contributed by atoms with Gasteiger partial charge in [0, 0.05) is 6.07 Å². The van der Waals surface area contributed by atoms with Crippen LogP contribution in [0.1, 0.15) is 0 Å². The second-order valence-corrected chi connectivity index (χ2v) is 7.93. The van der Waals surface area contributed by atoms with E-state index in [-0.39, 0.29) is 5.69 Å². The van der Waals surface area contributed by atoms with Gasteiger partial charge in [-0.2, -0.15) is 17.6 Å². The SMILES string of the molecule is Fc1[c-]c(F)c(F)c(F)c1F.[NH3+]c1cc(O)ccc1OB(Oc1c(F)c(F)c(F)c(F)c1F)Oc1c(F)c(F)c(F)c(F)c1F. The first-order chi connectivity index (χ1) is 20.9. The van der Waals surface area contributed by atoms with Gasteiger partial charge in [0.1, 0.15) is 5.75 Å². The maximum Gasteiger partial charge on any atom is 0.864 e. The molecule has 21 heteroatoms. The Morgan fingerprint density at radius 3 is 1.18 bits per heavy atom. The molecule has 0 aromatic heterocycles. The Bertz CT molecular complexity index is 1640. The highest BCUT2D eigenvalue weighted by Crippen LogP contribution is 2.34. The summed E-state index contributed by atoms with van der Waals surface area (Å²) >= 11 is 0.